The number of nitrogens with one attached hydrogen (secondary N) is 1. The Balaban J connectivity index is 1.40. The lowest BCUT2D eigenvalue weighted by Gasteiger charge is -2.12. The quantitative estimate of drug-likeness (QED) is 0.421. The van der Waals surface area contributed by atoms with Crippen molar-refractivity contribution >= 4 is 27.6 Å². The maximum atomic E-state index is 13.0. The lowest BCUT2D eigenvalue weighted by molar-refractivity contribution is -0.121. The van der Waals surface area contributed by atoms with Gasteiger partial charge in [0.2, 0.25) is 5.91 Å². The molecule has 34 heavy (non-hydrogen) atoms. The smallest absolute Gasteiger partial charge is 0.274 e. The van der Waals surface area contributed by atoms with E-state index in [1.54, 1.807) is 60.9 Å². The van der Waals surface area contributed by atoms with E-state index in [1.807, 2.05) is 12.1 Å². The van der Waals surface area contributed by atoms with Crippen LogP contribution >= 0.6 is 0 Å². The van der Waals surface area contributed by atoms with Crippen molar-refractivity contribution in [1.29, 1.82) is 0 Å². The molecule has 0 spiro atoms. The maximum Gasteiger partial charge on any atom is 0.274 e. The zero-order valence-electron chi connectivity index (χ0n) is 18.1. The number of nitrogens with zero attached hydrogens (tertiary/aromatic N) is 5. The average Bonchev–Trinajstić information content (AvgIpc) is 2.87. The van der Waals surface area contributed by atoms with Crippen molar-refractivity contribution in [2.75, 3.05) is 0 Å². The number of hydrogen-bond acceptors (Lipinski definition) is 6. The van der Waals surface area contributed by atoms with Crippen LogP contribution in [-0.4, -0.2) is 30.2 Å². The van der Waals surface area contributed by atoms with Crippen LogP contribution < -0.4 is 16.4 Å². The molecule has 3 heterocycles. The molecule has 9 heteroatoms. The molecular formula is C25H20N6O3. The van der Waals surface area contributed by atoms with E-state index in [0.29, 0.717) is 27.4 Å². The summed E-state index contributed by atoms with van der Waals surface area (Å²) in [7, 11) is 0. The van der Waals surface area contributed by atoms with E-state index in [-0.39, 0.29) is 36.7 Å². The Morgan fingerprint density at radius 1 is 0.882 bits per heavy atom. The number of amides is 1. The lowest BCUT2D eigenvalue weighted by Crippen LogP contribution is -2.33. The molecule has 0 saturated heterocycles. The van der Waals surface area contributed by atoms with Gasteiger partial charge in [-0.3, -0.25) is 23.9 Å². The molecule has 9 nitrogen and oxygen atoms in total. The van der Waals surface area contributed by atoms with Gasteiger partial charge in [-0.15, -0.1) is 0 Å². The van der Waals surface area contributed by atoms with Gasteiger partial charge in [0.25, 0.3) is 11.1 Å². The van der Waals surface area contributed by atoms with Crippen LogP contribution in [0.3, 0.4) is 0 Å². The fourth-order valence-corrected chi connectivity index (χ4v) is 3.82. The molecule has 0 unspecified atom stereocenters. The molecule has 2 aromatic carbocycles. The second kappa shape index (κ2) is 9.07. The number of rotatable bonds is 6. The summed E-state index contributed by atoms with van der Waals surface area (Å²) in [6.45, 7) is 0.183. The summed E-state index contributed by atoms with van der Waals surface area (Å²) < 4.78 is 2.64. The first-order valence-electron chi connectivity index (χ1n) is 10.7. The highest BCUT2D eigenvalue weighted by Gasteiger charge is 2.13. The molecule has 1 N–H and O–H groups in total. The molecule has 0 aliphatic rings. The zero-order chi connectivity index (χ0) is 23.5. The van der Waals surface area contributed by atoms with E-state index >= 15 is 0 Å². The summed E-state index contributed by atoms with van der Waals surface area (Å²) in [6, 6.07) is 17.8. The molecular weight excluding hydrogens is 432 g/mol. The molecule has 3 aromatic heterocycles. The highest BCUT2D eigenvalue weighted by molar-refractivity contribution is 5.84. The highest BCUT2D eigenvalue weighted by atomic mass is 16.2. The summed E-state index contributed by atoms with van der Waals surface area (Å²) >= 11 is 0. The predicted molar refractivity (Wildman–Crippen MR) is 127 cm³/mol. The van der Waals surface area contributed by atoms with Crippen molar-refractivity contribution in [3.05, 3.63) is 111 Å². The van der Waals surface area contributed by atoms with Gasteiger partial charge < -0.3 is 5.32 Å². The Morgan fingerprint density at radius 3 is 2.44 bits per heavy atom. The van der Waals surface area contributed by atoms with Gasteiger partial charge in [0, 0.05) is 17.8 Å². The first-order valence-corrected chi connectivity index (χ1v) is 10.7. The zero-order valence-corrected chi connectivity index (χ0v) is 18.1. The molecule has 0 aliphatic carbocycles. The van der Waals surface area contributed by atoms with E-state index in [9.17, 15) is 14.4 Å². The fourth-order valence-electron chi connectivity index (χ4n) is 3.82. The van der Waals surface area contributed by atoms with Crippen molar-refractivity contribution in [2.45, 2.75) is 19.6 Å². The Kier molecular flexibility index (Phi) is 5.65. The van der Waals surface area contributed by atoms with Gasteiger partial charge in [-0.2, -0.15) is 5.10 Å². The first-order chi connectivity index (χ1) is 16.6. The first kappa shape index (κ1) is 21.2. The molecule has 0 bridgehead atoms. The lowest BCUT2D eigenvalue weighted by atomic mass is 10.1. The number of aromatic nitrogens is 5. The van der Waals surface area contributed by atoms with Crippen molar-refractivity contribution in [1.82, 2.24) is 29.6 Å². The minimum atomic E-state index is -0.366. The van der Waals surface area contributed by atoms with E-state index in [0.717, 1.165) is 5.56 Å². The summed E-state index contributed by atoms with van der Waals surface area (Å²) in [5.41, 5.74) is 1.47. The molecule has 168 valence electrons. The van der Waals surface area contributed by atoms with E-state index in [1.165, 1.54) is 15.6 Å². The van der Waals surface area contributed by atoms with Crippen LogP contribution in [0.1, 0.15) is 11.3 Å². The molecule has 0 radical (unpaired) electrons. The Morgan fingerprint density at radius 2 is 1.65 bits per heavy atom. The molecule has 0 fully saturated rings. The number of para-hydroxylation sites is 1. The second-order valence-corrected chi connectivity index (χ2v) is 7.79. The fraction of sp³-hybridized carbons (Fsp3) is 0.120. The van der Waals surface area contributed by atoms with Crippen molar-refractivity contribution < 1.29 is 4.79 Å². The van der Waals surface area contributed by atoms with E-state index in [4.69, 9.17) is 0 Å². The van der Waals surface area contributed by atoms with Crippen molar-refractivity contribution in [3.8, 4) is 0 Å². The number of hydrogen-bond donors (Lipinski definition) is 1. The maximum absolute atomic E-state index is 13.0. The average molecular weight is 452 g/mol. The van der Waals surface area contributed by atoms with Gasteiger partial charge in [-0.1, -0.05) is 36.4 Å². The summed E-state index contributed by atoms with van der Waals surface area (Å²) in [6.07, 6.45) is 4.71. The van der Waals surface area contributed by atoms with Gasteiger partial charge in [0.15, 0.2) is 0 Å². The normalized spacial score (nSPS) is 11.1. The standard InChI is InChI=1S/C25H20N6O3/c32-23(15-30-16-28-21-10-4-3-9-20(21)24(30)33)27-13-22-18-7-1-2-8-19(18)25(34)31(29-22)14-17-6-5-11-26-12-17/h1-12,16H,13-15H2,(H,27,32). The second-order valence-electron chi connectivity index (χ2n) is 7.79. The Bertz CT molecular complexity index is 1630. The number of carbonyl (C=O) groups is 1. The van der Waals surface area contributed by atoms with E-state index in [2.05, 4.69) is 20.4 Å². The molecule has 0 atom stereocenters. The SMILES string of the molecule is O=C(Cn1cnc2ccccc2c1=O)NCc1nn(Cc2cccnc2)c(=O)c2ccccc12. The minimum Gasteiger partial charge on any atom is -0.349 e. The molecule has 0 aliphatic heterocycles. The van der Waals surface area contributed by atoms with Gasteiger partial charge in [0.1, 0.15) is 6.54 Å². The third-order valence-corrected chi connectivity index (χ3v) is 5.50. The molecule has 5 aromatic rings. The summed E-state index contributed by atoms with van der Waals surface area (Å²) in [5.74, 6) is -0.366. The largest absolute Gasteiger partial charge is 0.349 e. The van der Waals surface area contributed by atoms with Crippen molar-refractivity contribution in [3.63, 3.8) is 0 Å². The number of benzene rings is 2. The van der Waals surface area contributed by atoms with Gasteiger partial charge >= 0.3 is 0 Å². The number of pyridine rings is 1. The number of fused-ring (bicyclic) bond motifs is 2. The minimum absolute atomic E-state index is 0.0996. The van der Waals surface area contributed by atoms with Crippen LogP contribution in [0.25, 0.3) is 21.7 Å². The van der Waals surface area contributed by atoms with Crippen LogP contribution in [0.2, 0.25) is 0 Å². The van der Waals surface area contributed by atoms with Crippen LogP contribution in [0.15, 0.2) is 89.0 Å². The molecule has 1 amide bonds. The van der Waals surface area contributed by atoms with Crippen LogP contribution in [-0.2, 0) is 24.4 Å². The Hall–Kier alpha value is -4.66. The van der Waals surface area contributed by atoms with Crippen molar-refractivity contribution in [2.24, 2.45) is 0 Å². The third-order valence-electron chi connectivity index (χ3n) is 5.50. The van der Waals surface area contributed by atoms with Gasteiger partial charge in [-0.25, -0.2) is 9.67 Å². The molecule has 0 saturated carbocycles. The van der Waals surface area contributed by atoms with Crippen LogP contribution in [0, 0.1) is 0 Å². The van der Waals surface area contributed by atoms with Crippen LogP contribution in [0.4, 0.5) is 0 Å². The Labute approximate surface area is 193 Å². The molecule has 5 rings (SSSR count). The van der Waals surface area contributed by atoms with E-state index < -0.39 is 0 Å². The number of carbonyl (C=O) groups excluding carboxylic acids is 1. The third kappa shape index (κ3) is 4.18. The predicted octanol–water partition coefficient (Wildman–Crippen LogP) is 1.87. The summed E-state index contributed by atoms with van der Waals surface area (Å²) in [5, 5.41) is 8.96. The van der Waals surface area contributed by atoms with Crippen LogP contribution in [0.5, 0.6) is 0 Å². The topological polar surface area (TPSA) is 112 Å². The highest BCUT2D eigenvalue weighted by Crippen LogP contribution is 2.14. The van der Waals surface area contributed by atoms with Gasteiger partial charge in [0.05, 0.1) is 41.4 Å². The summed E-state index contributed by atoms with van der Waals surface area (Å²) in [4.78, 5) is 46.6. The van der Waals surface area contributed by atoms with Gasteiger partial charge in [-0.05, 0) is 29.8 Å². The monoisotopic (exact) mass is 452 g/mol.